The first kappa shape index (κ1) is 14.2. The average Bonchev–Trinajstić information content (AvgIpc) is 2.43. The summed E-state index contributed by atoms with van der Waals surface area (Å²) in [7, 11) is 0. The quantitative estimate of drug-likeness (QED) is 0.838. The van der Waals surface area contributed by atoms with Crippen LogP contribution in [-0.4, -0.2) is 48.3 Å². The standard InChI is InChI=1S/C14H19NO3S/c1-2-18-11-3-4-12(14(16)9-11)13(10-19)15-5-7-17-8-6-15/h3-4,9-10,13,16H,2,5-8H2,1H3/t13-/m1/s1. The summed E-state index contributed by atoms with van der Waals surface area (Å²) in [6.45, 7) is 5.56. The number of rotatable bonds is 5. The van der Waals surface area contributed by atoms with E-state index in [9.17, 15) is 5.11 Å². The molecule has 1 saturated heterocycles. The van der Waals surface area contributed by atoms with Gasteiger partial charge in [-0.05, 0) is 19.1 Å². The zero-order valence-electron chi connectivity index (χ0n) is 11.0. The maximum absolute atomic E-state index is 10.1. The zero-order chi connectivity index (χ0) is 13.7. The van der Waals surface area contributed by atoms with Gasteiger partial charge in [0.15, 0.2) is 0 Å². The van der Waals surface area contributed by atoms with Gasteiger partial charge in [-0.3, -0.25) is 4.90 Å². The third-order valence-electron chi connectivity index (χ3n) is 3.20. The summed E-state index contributed by atoms with van der Waals surface area (Å²) < 4.78 is 10.7. The second kappa shape index (κ2) is 6.84. The maximum atomic E-state index is 10.1. The Morgan fingerprint density at radius 2 is 2.21 bits per heavy atom. The van der Waals surface area contributed by atoms with Crippen LogP contribution in [-0.2, 0) is 4.74 Å². The fraction of sp³-hybridized carbons (Fsp3) is 0.500. The van der Waals surface area contributed by atoms with E-state index in [2.05, 4.69) is 4.90 Å². The maximum Gasteiger partial charge on any atom is 0.124 e. The molecule has 1 aliphatic rings. The number of ether oxygens (including phenoxy) is 2. The number of morpholine rings is 1. The zero-order valence-corrected chi connectivity index (χ0v) is 11.9. The van der Waals surface area contributed by atoms with Gasteiger partial charge in [-0.1, -0.05) is 12.2 Å². The number of phenolic OH excluding ortho intramolecular Hbond substituents is 1. The lowest BCUT2D eigenvalue weighted by molar-refractivity contribution is 0.0294. The number of aromatic hydroxyl groups is 1. The molecule has 4 nitrogen and oxygen atoms in total. The van der Waals surface area contributed by atoms with Gasteiger partial charge >= 0.3 is 0 Å². The van der Waals surface area contributed by atoms with Crippen molar-refractivity contribution >= 4 is 17.6 Å². The Balaban J connectivity index is 2.19. The summed E-state index contributed by atoms with van der Waals surface area (Å²) in [6, 6.07) is 5.33. The number of hydrogen-bond donors (Lipinski definition) is 1. The highest BCUT2D eigenvalue weighted by Crippen LogP contribution is 2.31. The lowest BCUT2D eigenvalue weighted by atomic mass is 10.0. The monoisotopic (exact) mass is 281 g/mol. The SMILES string of the molecule is CCOc1ccc([C@@H](C=S)N2CCOCC2)c(O)c1. The molecule has 1 aliphatic heterocycles. The summed E-state index contributed by atoms with van der Waals surface area (Å²) in [5, 5.41) is 11.8. The van der Waals surface area contributed by atoms with Crippen molar-refractivity contribution in [3.8, 4) is 11.5 Å². The van der Waals surface area contributed by atoms with Crippen molar-refractivity contribution < 1.29 is 14.6 Å². The van der Waals surface area contributed by atoms with Crippen LogP contribution in [0.2, 0.25) is 0 Å². The first-order chi connectivity index (χ1) is 9.26. The van der Waals surface area contributed by atoms with E-state index < -0.39 is 0 Å². The molecule has 0 saturated carbocycles. The van der Waals surface area contributed by atoms with Crippen molar-refractivity contribution in [2.75, 3.05) is 32.9 Å². The van der Waals surface area contributed by atoms with Gasteiger partial charge in [0.25, 0.3) is 0 Å². The Morgan fingerprint density at radius 1 is 1.47 bits per heavy atom. The molecule has 1 heterocycles. The second-order valence-corrected chi connectivity index (χ2v) is 4.66. The lowest BCUT2D eigenvalue weighted by Gasteiger charge is -2.32. The minimum atomic E-state index is -0.0606. The number of hydrogen-bond acceptors (Lipinski definition) is 5. The lowest BCUT2D eigenvalue weighted by Crippen LogP contribution is -2.39. The molecule has 0 bridgehead atoms. The molecule has 1 fully saturated rings. The molecule has 1 aromatic carbocycles. The molecule has 1 atom stereocenters. The summed E-state index contributed by atoms with van der Waals surface area (Å²) in [5.41, 5.74) is 0.820. The molecule has 0 aromatic heterocycles. The van der Waals surface area contributed by atoms with E-state index in [1.807, 2.05) is 19.1 Å². The van der Waals surface area contributed by atoms with Crippen molar-refractivity contribution in [3.63, 3.8) is 0 Å². The van der Waals surface area contributed by atoms with Crippen LogP contribution in [0.15, 0.2) is 18.2 Å². The minimum Gasteiger partial charge on any atom is -0.507 e. The van der Waals surface area contributed by atoms with Crippen molar-refractivity contribution in [1.82, 2.24) is 4.90 Å². The summed E-state index contributed by atoms with van der Waals surface area (Å²) >= 11 is 5.13. The van der Waals surface area contributed by atoms with Crippen LogP contribution in [0.25, 0.3) is 0 Å². The van der Waals surface area contributed by atoms with Gasteiger partial charge in [0, 0.05) is 30.1 Å². The normalized spacial score (nSPS) is 17.9. The molecule has 1 N–H and O–H groups in total. The molecule has 5 heteroatoms. The van der Waals surface area contributed by atoms with Crippen LogP contribution in [0.1, 0.15) is 18.5 Å². The molecule has 104 valence electrons. The first-order valence-electron chi connectivity index (χ1n) is 6.49. The van der Waals surface area contributed by atoms with Gasteiger partial charge in [0.1, 0.15) is 11.5 Å². The predicted molar refractivity (Wildman–Crippen MR) is 78.1 cm³/mol. The molecular weight excluding hydrogens is 262 g/mol. The van der Waals surface area contributed by atoms with E-state index in [1.165, 1.54) is 0 Å². The predicted octanol–water partition coefficient (Wildman–Crippen LogP) is 2.16. The molecule has 2 rings (SSSR count). The summed E-state index contributed by atoms with van der Waals surface area (Å²) in [5.74, 6) is 0.900. The Bertz CT molecular complexity index is 433. The van der Waals surface area contributed by atoms with Crippen LogP contribution >= 0.6 is 12.2 Å². The van der Waals surface area contributed by atoms with E-state index >= 15 is 0 Å². The van der Waals surface area contributed by atoms with E-state index in [-0.39, 0.29) is 11.8 Å². The van der Waals surface area contributed by atoms with Crippen molar-refractivity contribution in [2.45, 2.75) is 13.0 Å². The topological polar surface area (TPSA) is 41.9 Å². The highest BCUT2D eigenvalue weighted by molar-refractivity contribution is 7.79. The van der Waals surface area contributed by atoms with Gasteiger partial charge in [-0.25, -0.2) is 0 Å². The van der Waals surface area contributed by atoms with Gasteiger partial charge in [0.2, 0.25) is 0 Å². The molecule has 1 aromatic rings. The average molecular weight is 281 g/mol. The van der Waals surface area contributed by atoms with E-state index in [0.717, 1.165) is 18.7 Å². The molecule has 0 spiro atoms. The molecule has 0 amide bonds. The number of nitrogens with zero attached hydrogens (tertiary/aromatic N) is 1. The van der Waals surface area contributed by atoms with Gasteiger partial charge in [-0.15, -0.1) is 0 Å². The smallest absolute Gasteiger partial charge is 0.124 e. The molecule has 19 heavy (non-hydrogen) atoms. The van der Waals surface area contributed by atoms with E-state index in [1.54, 1.807) is 11.4 Å². The Labute approximate surface area is 118 Å². The van der Waals surface area contributed by atoms with Crippen molar-refractivity contribution in [3.05, 3.63) is 23.8 Å². The Morgan fingerprint density at radius 3 is 2.79 bits per heavy atom. The largest absolute Gasteiger partial charge is 0.507 e. The third kappa shape index (κ3) is 3.43. The van der Waals surface area contributed by atoms with Crippen LogP contribution in [0.5, 0.6) is 11.5 Å². The van der Waals surface area contributed by atoms with Crippen molar-refractivity contribution in [1.29, 1.82) is 0 Å². The fourth-order valence-corrected chi connectivity index (χ4v) is 2.56. The Kier molecular flexibility index (Phi) is 5.13. The number of phenols is 1. The summed E-state index contributed by atoms with van der Waals surface area (Å²) in [6.07, 6.45) is 0. The molecular formula is C14H19NO3S. The number of thiocarbonyl (C=S) groups is 1. The number of benzene rings is 1. The van der Waals surface area contributed by atoms with Gasteiger partial charge in [0.05, 0.1) is 25.9 Å². The third-order valence-corrected chi connectivity index (χ3v) is 3.46. The molecule has 0 radical (unpaired) electrons. The van der Waals surface area contributed by atoms with Crippen LogP contribution in [0.4, 0.5) is 0 Å². The minimum absolute atomic E-state index is 0.0606. The fourth-order valence-electron chi connectivity index (χ4n) is 2.24. The van der Waals surface area contributed by atoms with E-state index in [4.69, 9.17) is 21.7 Å². The summed E-state index contributed by atoms with van der Waals surface area (Å²) in [4.78, 5) is 2.21. The highest BCUT2D eigenvalue weighted by atomic mass is 32.1. The molecule has 0 unspecified atom stereocenters. The van der Waals surface area contributed by atoms with Gasteiger partial charge in [-0.2, -0.15) is 0 Å². The second-order valence-electron chi connectivity index (χ2n) is 4.38. The first-order valence-corrected chi connectivity index (χ1v) is 6.96. The van der Waals surface area contributed by atoms with Crippen molar-refractivity contribution in [2.24, 2.45) is 0 Å². The Hall–Kier alpha value is -1.17. The van der Waals surface area contributed by atoms with Crippen LogP contribution < -0.4 is 4.74 Å². The highest BCUT2D eigenvalue weighted by Gasteiger charge is 2.23. The van der Waals surface area contributed by atoms with E-state index in [0.29, 0.717) is 25.6 Å². The molecule has 0 aliphatic carbocycles. The van der Waals surface area contributed by atoms with Gasteiger partial charge < -0.3 is 14.6 Å². The van der Waals surface area contributed by atoms with Crippen LogP contribution in [0.3, 0.4) is 0 Å². The van der Waals surface area contributed by atoms with Crippen LogP contribution in [0, 0.1) is 0 Å².